The first kappa shape index (κ1) is 13.3. The zero-order valence-electron chi connectivity index (χ0n) is 11.5. The van der Waals surface area contributed by atoms with Gasteiger partial charge < -0.3 is 10.2 Å². The van der Waals surface area contributed by atoms with Gasteiger partial charge in [0.25, 0.3) is 0 Å². The van der Waals surface area contributed by atoms with E-state index in [0.29, 0.717) is 6.54 Å². The fraction of sp³-hybridized carbons (Fsp3) is 0.312. The second-order valence-corrected chi connectivity index (χ2v) is 6.01. The SMILES string of the molecule is CN(Cc1ccsc1)C(=O)C1Cc2ccccc2CN1. The van der Waals surface area contributed by atoms with Gasteiger partial charge in [0, 0.05) is 20.1 Å². The third kappa shape index (κ3) is 2.76. The number of nitrogens with zero attached hydrogens (tertiary/aromatic N) is 1. The van der Waals surface area contributed by atoms with Crippen LogP contribution >= 0.6 is 11.3 Å². The molecule has 1 aromatic carbocycles. The van der Waals surface area contributed by atoms with E-state index in [9.17, 15) is 4.79 Å². The Morgan fingerprint density at radius 2 is 2.15 bits per heavy atom. The summed E-state index contributed by atoms with van der Waals surface area (Å²) in [5.74, 6) is 0.172. The maximum absolute atomic E-state index is 12.5. The van der Waals surface area contributed by atoms with Crippen LogP contribution < -0.4 is 5.32 Å². The standard InChI is InChI=1S/C16H18N2OS/c1-18(10-12-6-7-20-11-12)16(19)15-8-13-4-2-3-5-14(13)9-17-15/h2-7,11,15,17H,8-10H2,1H3. The van der Waals surface area contributed by atoms with Crippen LogP contribution in [0.2, 0.25) is 0 Å². The molecule has 4 heteroatoms. The fourth-order valence-corrected chi connectivity index (χ4v) is 3.29. The minimum atomic E-state index is -0.103. The second kappa shape index (κ2) is 5.77. The van der Waals surface area contributed by atoms with Crippen molar-refractivity contribution in [3.05, 3.63) is 57.8 Å². The highest BCUT2D eigenvalue weighted by molar-refractivity contribution is 7.07. The quantitative estimate of drug-likeness (QED) is 0.940. The monoisotopic (exact) mass is 286 g/mol. The van der Waals surface area contributed by atoms with Gasteiger partial charge in [-0.05, 0) is 39.9 Å². The zero-order chi connectivity index (χ0) is 13.9. The van der Waals surface area contributed by atoms with Crippen molar-refractivity contribution in [3.63, 3.8) is 0 Å². The molecule has 104 valence electrons. The van der Waals surface area contributed by atoms with Gasteiger partial charge in [0.2, 0.25) is 5.91 Å². The maximum Gasteiger partial charge on any atom is 0.240 e. The first-order chi connectivity index (χ1) is 9.74. The summed E-state index contributed by atoms with van der Waals surface area (Å²) in [6.07, 6.45) is 0.781. The van der Waals surface area contributed by atoms with E-state index >= 15 is 0 Å². The minimum Gasteiger partial charge on any atom is -0.340 e. The van der Waals surface area contributed by atoms with E-state index in [-0.39, 0.29) is 11.9 Å². The van der Waals surface area contributed by atoms with Gasteiger partial charge in [0.15, 0.2) is 0 Å². The van der Waals surface area contributed by atoms with Crippen LogP contribution in [0.25, 0.3) is 0 Å². The Morgan fingerprint density at radius 1 is 1.35 bits per heavy atom. The van der Waals surface area contributed by atoms with Crippen LogP contribution in [-0.4, -0.2) is 23.9 Å². The number of carbonyl (C=O) groups is 1. The molecule has 0 bridgehead atoms. The number of fused-ring (bicyclic) bond motifs is 1. The largest absolute Gasteiger partial charge is 0.340 e. The number of likely N-dealkylation sites (N-methyl/N-ethyl adjacent to an activating group) is 1. The molecule has 20 heavy (non-hydrogen) atoms. The predicted molar refractivity (Wildman–Crippen MR) is 81.6 cm³/mol. The molecule has 0 aliphatic carbocycles. The van der Waals surface area contributed by atoms with Gasteiger partial charge in [-0.3, -0.25) is 4.79 Å². The highest BCUT2D eigenvalue weighted by Gasteiger charge is 2.26. The molecule has 1 aliphatic heterocycles. The summed E-state index contributed by atoms with van der Waals surface area (Å²) in [6.45, 7) is 1.46. The highest BCUT2D eigenvalue weighted by atomic mass is 32.1. The first-order valence-corrected chi connectivity index (χ1v) is 7.74. The van der Waals surface area contributed by atoms with Crippen molar-refractivity contribution < 1.29 is 4.79 Å². The van der Waals surface area contributed by atoms with Crippen molar-refractivity contribution in [2.45, 2.75) is 25.6 Å². The van der Waals surface area contributed by atoms with Crippen molar-refractivity contribution >= 4 is 17.2 Å². The molecule has 3 rings (SSSR count). The normalized spacial score (nSPS) is 17.6. The molecular formula is C16H18N2OS. The summed E-state index contributed by atoms with van der Waals surface area (Å²) in [6, 6.07) is 10.3. The summed E-state index contributed by atoms with van der Waals surface area (Å²) in [4.78, 5) is 14.3. The molecule has 0 radical (unpaired) electrons. The Balaban J connectivity index is 1.66. The lowest BCUT2D eigenvalue weighted by molar-refractivity contribution is -0.132. The van der Waals surface area contributed by atoms with Crippen molar-refractivity contribution in [3.8, 4) is 0 Å². The molecular weight excluding hydrogens is 268 g/mol. The fourth-order valence-electron chi connectivity index (χ4n) is 2.63. The van der Waals surface area contributed by atoms with Crippen LogP contribution in [0.4, 0.5) is 0 Å². The average molecular weight is 286 g/mol. The summed E-state index contributed by atoms with van der Waals surface area (Å²) >= 11 is 1.67. The van der Waals surface area contributed by atoms with E-state index in [1.165, 1.54) is 16.7 Å². The van der Waals surface area contributed by atoms with Crippen LogP contribution in [0, 0.1) is 0 Å². The highest BCUT2D eigenvalue weighted by Crippen LogP contribution is 2.18. The van der Waals surface area contributed by atoms with E-state index < -0.39 is 0 Å². The van der Waals surface area contributed by atoms with Crippen molar-refractivity contribution in [1.82, 2.24) is 10.2 Å². The van der Waals surface area contributed by atoms with E-state index in [1.54, 1.807) is 11.3 Å². The summed E-state index contributed by atoms with van der Waals surface area (Å²) in [5.41, 5.74) is 3.78. The number of nitrogens with one attached hydrogen (secondary N) is 1. The van der Waals surface area contributed by atoms with Gasteiger partial charge in [-0.15, -0.1) is 0 Å². The summed E-state index contributed by atoms with van der Waals surface area (Å²) in [5, 5.41) is 7.48. The van der Waals surface area contributed by atoms with Crippen molar-refractivity contribution in [2.75, 3.05) is 7.05 Å². The molecule has 0 spiro atoms. The maximum atomic E-state index is 12.5. The molecule has 0 fully saturated rings. The molecule has 1 unspecified atom stereocenters. The average Bonchev–Trinajstić information content (AvgIpc) is 2.99. The Hall–Kier alpha value is -1.65. The van der Waals surface area contributed by atoms with E-state index in [2.05, 4.69) is 28.9 Å². The number of thiophene rings is 1. The molecule has 0 saturated carbocycles. The molecule has 1 aliphatic rings. The summed E-state index contributed by atoms with van der Waals surface area (Å²) < 4.78 is 0. The lowest BCUT2D eigenvalue weighted by Crippen LogP contribution is -2.47. The van der Waals surface area contributed by atoms with Crippen LogP contribution in [0.1, 0.15) is 16.7 Å². The number of benzene rings is 1. The lowest BCUT2D eigenvalue weighted by atomic mass is 9.95. The topological polar surface area (TPSA) is 32.3 Å². The number of hydrogen-bond donors (Lipinski definition) is 1. The second-order valence-electron chi connectivity index (χ2n) is 5.23. The van der Waals surface area contributed by atoms with Gasteiger partial charge in [0.05, 0.1) is 6.04 Å². The Bertz CT molecular complexity index is 594. The minimum absolute atomic E-state index is 0.103. The van der Waals surface area contributed by atoms with Gasteiger partial charge in [-0.25, -0.2) is 0 Å². The predicted octanol–water partition coefficient (Wildman–Crippen LogP) is 2.42. The van der Waals surface area contributed by atoms with Crippen LogP contribution in [0.5, 0.6) is 0 Å². The van der Waals surface area contributed by atoms with Crippen molar-refractivity contribution in [1.29, 1.82) is 0 Å². The van der Waals surface area contributed by atoms with Crippen LogP contribution in [-0.2, 0) is 24.3 Å². The number of carbonyl (C=O) groups excluding carboxylic acids is 1. The van der Waals surface area contributed by atoms with E-state index in [1.807, 2.05) is 29.5 Å². The molecule has 2 aromatic rings. The third-order valence-electron chi connectivity index (χ3n) is 3.76. The Morgan fingerprint density at radius 3 is 2.90 bits per heavy atom. The number of hydrogen-bond acceptors (Lipinski definition) is 3. The third-order valence-corrected chi connectivity index (χ3v) is 4.49. The van der Waals surface area contributed by atoms with Gasteiger partial charge in [-0.2, -0.15) is 11.3 Å². The molecule has 0 saturated heterocycles. The number of rotatable bonds is 3. The lowest BCUT2D eigenvalue weighted by Gasteiger charge is -2.29. The molecule has 1 amide bonds. The van der Waals surface area contributed by atoms with Crippen LogP contribution in [0.3, 0.4) is 0 Å². The Labute approximate surface area is 123 Å². The van der Waals surface area contributed by atoms with Gasteiger partial charge in [0.1, 0.15) is 0 Å². The zero-order valence-corrected chi connectivity index (χ0v) is 12.3. The summed E-state index contributed by atoms with van der Waals surface area (Å²) in [7, 11) is 1.88. The van der Waals surface area contributed by atoms with Gasteiger partial charge >= 0.3 is 0 Å². The Kier molecular flexibility index (Phi) is 3.85. The molecule has 1 aromatic heterocycles. The smallest absolute Gasteiger partial charge is 0.240 e. The molecule has 1 atom stereocenters. The molecule has 1 N–H and O–H groups in total. The molecule has 3 nitrogen and oxygen atoms in total. The van der Waals surface area contributed by atoms with Crippen LogP contribution in [0.15, 0.2) is 41.1 Å². The van der Waals surface area contributed by atoms with E-state index in [0.717, 1.165) is 13.0 Å². The van der Waals surface area contributed by atoms with E-state index in [4.69, 9.17) is 0 Å². The van der Waals surface area contributed by atoms with Crippen molar-refractivity contribution in [2.24, 2.45) is 0 Å². The first-order valence-electron chi connectivity index (χ1n) is 6.80. The van der Waals surface area contributed by atoms with Gasteiger partial charge in [-0.1, -0.05) is 24.3 Å². The molecule has 2 heterocycles. The number of amides is 1.